The maximum atomic E-state index is 12.3. The molecule has 25 heavy (non-hydrogen) atoms. The Bertz CT molecular complexity index is 879. The van der Waals surface area contributed by atoms with Crippen molar-refractivity contribution in [3.05, 3.63) is 77.9 Å². The molecular formula is C20H18N2O2S. The second-order valence-electron chi connectivity index (χ2n) is 5.49. The van der Waals surface area contributed by atoms with Crippen LogP contribution in [0, 0.1) is 6.92 Å². The number of aryl methyl sites for hydroxylation is 1. The van der Waals surface area contributed by atoms with Gasteiger partial charge in [-0.15, -0.1) is 0 Å². The molecule has 0 amide bonds. The number of aromatic nitrogens is 1. The van der Waals surface area contributed by atoms with E-state index >= 15 is 0 Å². The van der Waals surface area contributed by atoms with E-state index in [2.05, 4.69) is 9.38 Å². The molecule has 0 N–H and O–H groups in total. The Morgan fingerprint density at radius 2 is 1.80 bits per heavy atom. The van der Waals surface area contributed by atoms with Crippen LogP contribution in [-0.2, 0) is 11.4 Å². The lowest BCUT2D eigenvalue weighted by molar-refractivity contribution is 0.398. The molecule has 0 radical (unpaired) electrons. The normalized spacial score (nSPS) is 12.3. The van der Waals surface area contributed by atoms with Crippen LogP contribution in [0.3, 0.4) is 0 Å². The molecule has 126 valence electrons. The minimum absolute atomic E-state index is 0.567. The van der Waals surface area contributed by atoms with Crippen molar-refractivity contribution in [2.75, 3.05) is 7.11 Å². The van der Waals surface area contributed by atoms with Crippen LogP contribution in [0.4, 0.5) is 0 Å². The number of rotatable bonds is 5. The molecule has 0 bridgehead atoms. The van der Waals surface area contributed by atoms with Gasteiger partial charge >= 0.3 is 0 Å². The molecule has 3 aromatic rings. The first-order valence-corrected chi connectivity index (χ1v) is 8.90. The van der Waals surface area contributed by atoms with E-state index in [0.29, 0.717) is 10.8 Å². The molecule has 0 saturated carbocycles. The fourth-order valence-corrected chi connectivity index (χ4v) is 3.00. The van der Waals surface area contributed by atoms with E-state index in [1.807, 2.05) is 67.6 Å². The fraction of sp³-hybridized carbons (Fsp3) is 0.100. The minimum Gasteiger partial charge on any atom is -0.586 e. The Labute approximate surface area is 150 Å². The van der Waals surface area contributed by atoms with Crippen molar-refractivity contribution in [1.82, 2.24) is 4.98 Å². The van der Waals surface area contributed by atoms with Gasteiger partial charge in [-0.25, -0.2) is 4.98 Å². The van der Waals surface area contributed by atoms with E-state index in [1.54, 1.807) is 19.4 Å². The summed E-state index contributed by atoms with van der Waals surface area (Å²) in [6.45, 7) is 1.99. The monoisotopic (exact) mass is 350 g/mol. The first-order valence-electron chi connectivity index (χ1n) is 7.80. The van der Waals surface area contributed by atoms with Crippen LogP contribution in [0.5, 0.6) is 5.88 Å². The van der Waals surface area contributed by atoms with Gasteiger partial charge in [0.05, 0.1) is 19.0 Å². The summed E-state index contributed by atoms with van der Waals surface area (Å²) in [5, 5.41) is 0. The minimum atomic E-state index is -1.41. The van der Waals surface area contributed by atoms with Crippen LogP contribution in [0.15, 0.2) is 76.0 Å². The van der Waals surface area contributed by atoms with Gasteiger partial charge in [0.2, 0.25) is 5.88 Å². The van der Waals surface area contributed by atoms with Crippen molar-refractivity contribution in [1.29, 1.82) is 0 Å². The Balaban J connectivity index is 1.80. The zero-order chi connectivity index (χ0) is 17.6. The summed E-state index contributed by atoms with van der Waals surface area (Å²) < 4.78 is 21.6. The highest BCUT2D eigenvalue weighted by Gasteiger charge is 2.09. The maximum Gasteiger partial charge on any atom is 0.213 e. The predicted octanol–water partition coefficient (Wildman–Crippen LogP) is 4.21. The first kappa shape index (κ1) is 17.2. The lowest BCUT2D eigenvalue weighted by Crippen LogP contribution is -1.98. The van der Waals surface area contributed by atoms with Crippen LogP contribution >= 0.6 is 0 Å². The Kier molecular flexibility index (Phi) is 5.48. The molecule has 2 aromatic carbocycles. The maximum absolute atomic E-state index is 12.3. The van der Waals surface area contributed by atoms with E-state index in [9.17, 15) is 4.55 Å². The van der Waals surface area contributed by atoms with Gasteiger partial charge < -0.3 is 9.29 Å². The Morgan fingerprint density at radius 1 is 1.04 bits per heavy atom. The number of methoxy groups -OCH3 is 1. The number of ether oxygens (including phenoxy) is 1. The average molecular weight is 350 g/mol. The van der Waals surface area contributed by atoms with Crippen LogP contribution in [-0.4, -0.2) is 22.9 Å². The molecule has 4 nitrogen and oxygen atoms in total. The van der Waals surface area contributed by atoms with E-state index < -0.39 is 11.4 Å². The predicted molar refractivity (Wildman–Crippen MR) is 101 cm³/mol. The molecular weight excluding hydrogens is 332 g/mol. The highest BCUT2D eigenvalue weighted by Crippen LogP contribution is 2.20. The summed E-state index contributed by atoms with van der Waals surface area (Å²) in [5.41, 5.74) is 3.75. The van der Waals surface area contributed by atoms with Crippen LogP contribution in [0.25, 0.3) is 11.3 Å². The Hall–Kier alpha value is -2.63. The number of pyridine rings is 1. The Morgan fingerprint density at radius 3 is 2.56 bits per heavy atom. The van der Waals surface area contributed by atoms with E-state index in [1.165, 1.54) is 0 Å². The molecule has 1 atom stereocenters. The highest BCUT2D eigenvalue weighted by molar-refractivity contribution is 7.90. The summed E-state index contributed by atoms with van der Waals surface area (Å²) >= 11 is -1.41. The number of hydrogen-bond acceptors (Lipinski definition) is 4. The lowest BCUT2D eigenvalue weighted by Gasteiger charge is -2.05. The summed E-state index contributed by atoms with van der Waals surface area (Å²) in [4.78, 5) is 5.11. The van der Waals surface area contributed by atoms with Gasteiger partial charge in [-0.05, 0) is 36.8 Å². The molecule has 5 heteroatoms. The van der Waals surface area contributed by atoms with Crippen molar-refractivity contribution in [2.45, 2.75) is 11.8 Å². The van der Waals surface area contributed by atoms with E-state index in [0.717, 1.165) is 22.4 Å². The van der Waals surface area contributed by atoms with Crippen molar-refractivity contribution in [3.63, 3.8) is 0 Å². The zero-order valence-corrected chi connectivity index (χ0v) is 14.9. The molecule has 0 saturated heterocycles. The molecule has 0 spiro atoms. The molecule has 1 heterocycles. The largest absolute Gasteiger partial charge is 0.586 e. The second kappa shape index (κ2) is 7.96. The standard InChI is InChI=1S/C20H18N2O2S/c1-15-9-11-18(12-10-15)25(23)21-14-16-5-3-6-17(13-16)19-7-4-8-20(22-19)24-2/h3-14H,1-2H3/b21-14+. The van der Waals surface area contributed by atoms with Crippen LogP contribution < -0.4 is 4.74 Å². The van der Waals surface area contributed by atoms with Gasteiger partial charge in [0.1, 0.15) is 11.4 Å². The topological polar surface area (TPSA) is 57.5 Å². The van der Waals surface area contributed by atoms with Gasteiger partial charge in [0, 0.05) is 11.6 Å². The van der Waals surface area contributed by atoms with Gasteiger partial charge in [0.15, 0.2) is 4.90 Å². The number of nitrogens with zero attached hydrogens (tertiary/aromatic N) is 2. The smallest absolute Gasteiger partial charge is 0.213 e. The molecule has 0 fully saturated rings. The SMILES string of the molecule is COc1cccc(-c2cccc(/C=N/[S+]([O-])c3ccc(C)cc3)c2)n1. The molecule has 1 aromatic heterocycles. The molecule has 3 rings (SSSR count). The second-order valence-corrected chi connectivity index (χ2v) is 6.67. The quantitative estimate of drug-likeness (QED) is 0.512. The van der Waals surface area contributed by atoms with Crippen molar-refractivity contribution < 1.29 is 9.29 Å². The van der Waals surface area contributed by atoms with Crippen LogP contribution in [0.1, 0.15) is 11.1 Å². The fourth-order valence-electron chi connectivity index (χ4n) is 2.29. The molecule has 0 aliphatic heterocycles. The summed E-state index contributed by atoms with van der Waals surface area (Å²) in [6.07, 6.45) is 1.62. The molecule has 1 unspecified atom stereocenters. The third kappa shape index (κ3) is 4.47. The third-order valence-corrected chi connectivity index (χ3v) is 4.61. The molecule has 0 aliphatic rings. The van der Waals surface area contributed by atoms with Gasteiger partial charge in [-0.1, -0.05) is 46.4 Å². The summed E-state index contributed by atoms with van der Waals surface area (Å²) in [7, 11) is 1.59. The number of benzene rings is 2. The van der Waals surface area contributed by atoms with Crippen LogP contribution in [0.2, 0.25) is 0 Å². The average Bonchev–Trinajstić information content (AvgIpc) is 2.67. The highest BCUT2D eigenvalue weighted by atomic mass is 32.2. The van der Waals surface area contributed by atoms with Crippen molar-refractivity contribution in [3.8, 4) is 17.1 Å². The summed E-state index contributed by atoms with van der Waals surface area (Å²) in [6, 6.07) is 20.9. The summed E-state index contributed by atoms with van der Waals surface area (Å²) in [5.74, 6) is 0.567. The van der Waals surface area contributed by atoms with Crippen molar-refractivity contribution >= 4 is 17.6 Å². The zero-order valence-electron chi connectivity index (χ0n) is 14.0. The third-order valence-electron chi connectivity index (χ3n) is 3.64. The van der Waals surface area contributed by atoms with E-state index in [-0.39, 0.29) is 0 Å². The molecule has 0 aliphatic carbocycles. The van der Waals surface area contributed by atoms with Gasteiger partial charge in [-0.3, -0.25) is 0 Å². The number of hydrogen-bond donors (Lipinski definition) is 0. The van der Waals surface area contributed by atoms with Crippen molar-refractivity contribution in [2.24, 2.45) is 4.40 Å². The first-order chi connectivity index (χ1) is 12.2. The van der Waals surface area contributed by atoms with E-state index in [4.69, 9.17) is 4.74 Å². The van der Waals surface area contributed by atoms with Gasteiger partial charge in [-0.2, -0.15) is 0 Å². The van der Waals surface area contributed by atoms with Gasteiger partial charge in [0.25, 0.3) is 0 Å². The lowest BCUT2D eigenvalue weighted by atomic mass is 10.1.